The predicted octanol–water partition coefficient (Wildman–Crippen LogP) is 9.61. The number of quaternary nitrogens is 1. The molecule has 0 saturated heterocycles. The normalized spacial score (nSPS) is 11.8. The van der Waals surface area contributed by atoms with Gasteiger partial charge in [-0.25, -0.2) is 0 Å². The van der Waals surface area contributed by atoms with Crippen LogP contribution in [-0.4, -0.2) is 58.8 Å². The Kier molecular flexibility index (Phi) is 31.7. The molecule has 270 valence electrons. The minimum absolute atomic E-state index is 0.0627. The van der Waals surface area contributed by atoms with E-state index in [4.69, 9.17) is 10.2 Å². The Balaban J connectivity index is 4.18. The number of allylic oxidation sites excluding steroid dienone is 2. The summed E-state index contributed by atoms with van der Waals surface area (Å²) >= 11 is 0. The lowest BCUT2D eigenvalue weighted by atomic mass is 10.0. The Bertz CT molecular complexity index is 698. The molecule has 0 spiro atoms. The van der Waals surface area contributed by atoms with Gasteiger partial charge in [0.05, 0.1) is 26.2 Å². The van der Waals surface area contributed by atoms with Crippen molar-refractivity contribution >= 4 is 17.9 Å². The highest BCUT2D eigenvalue weighted by Crippen LogP contribution is 2.20. The molecule has 0 aliphatic heterocycles. The van der Waals surface area contributed by atoms with E-state index in [9.17, 15) is 19.5 Å². The molecule has 0 unspecified atom stereocenters. The fourth-order valence-corrected chi connectivity index (χ4v) is 6.59. The summed E-state index contributed by atoms with van der Waals surface area (Å²) in [7, 11) is 0. The summed E-state index contributed by atoms with van der Waals surface area (Å²) in [6.07, 6.45) is 35.8. The molecule has 0 aromatic heterocycles. The summed E-state index contributed by atoms with van der Waals surface area (Å²) in [5.41, 5.74) is 0. The number of hydrogen-bond donors (Lipinski definition) is 2. The van der Waals surface area contributed by atoms with E-state index in [-0.39, 0.29) is 19.3 Å². The molecule has 0 heterocycles. The zero-order chi connectivity index (χ0) is 34.0. The van der Waals surface area contributed by atoms with Crippen LogP contribution in [-0.2, 0) is 14.4 Å². The average molecular weight is 652 g/mol. The highest BCUT2D eigenvalue weighted by Gasteiger charge is 2.26. The first-order valence-electron chi connectivity index (χ1n) is 19.4. The van der Waals surface area contributed by atoms with Crippen molar-refractivity contribution in [3.8, 4) is 0 Å². The van der Waals surface area contributed by atoms with Gasteiger partial charge >= 0.3 is 11.9 Å². The molecular formula is C39H73NO6. The summed E-state index contributed by atoms with van der Waals surface area (Å²) < 4.78 is 0.845. The third kappa shape index (κ3) is 32.1. The molecule has 7 heteroatoms. The topological polar surface area (TPSA) is 115 Å². The molecule has 0 atom stereocenters. The Morgan fingerprint density at radius 2 is 0.761 bits per heavy atom. The first kappa shape index (κ1) is 44.1. The zero-order valence-corrected chi connectivity index (χ0v) is 30.0. The molecular weight excluding hydrogens is 578 g/mol. The van der Waals surface area contributed by atoms with E-state index in [1.807, 2.05) is 0 Å². The molecule has 7 nitrogen and oxygen atoms in total. The van der Waals surface area contributed by atoms with Crippen molar-refractivity contribution in [3.63, 3.8) is 0 Å². The van der Waals surface area contributed by atoms with E-state index in [2.05, 4.69) is 19.1 Å². The van der Waals surface area contributed by atoms with Gasteiger partial charge in [0.1, 0.15) is 0 Å². The van der Waals surface area contributed by atoms with Crippen molar-refractivity contribution in [2.45, 2.75) is 193 Å². The van der Waals surface area contributed by atoms with Crippen LogP contribution in [0.5, 0.6) is 0 Å². The number of carbonyl (C=O) groups excluding carboxylic acids is 1. The van der Waals surface area contributed by atoms with Crippen LogP contribution < -0.4 is 5.11 Å². The van der Waals surface area contributed by atoms with Gasteiger partial charge in [-0.05, 0) is 83.5 Å². The van der Waals surface area contributed by atoms with Crippen molar-refractivity contribution < 1.29 is 34.2 Å². The van der Waals surface area contributed by atoms with Crippen LogP contribution in [0.25, 0.3) is 0 Å². The lowest BCUT2D eigenvalue weighted by molar-refractivity contribution is -0.929. The van der Waals surface area contributed by atoms with E-state index in [1.165, 1.54) is 122 Å². The van der Waals surface area contributed by atoms with Gasteiger partial charge in [-0.3, -0.25) is 9.59 Å². The molecule has 0 rings (SSSR count). The molecule has 2 N–H and O–H groups in total. The average Bonchev–Trinajstić information content (AvgIpc) is 3.02. The quantitative estimate of drug-likeness (QED) is 0.0393. The minimum Gasteiger partial charge on any atom is -0.550 e. The van der Waals surface area contributed by atoms with Crippen molar-refractivity contribution in [3.05, 3.63) is 12.2 Å². The predicted molar refractivity (Wildman–Crippen MR) is 189 cm³/mol. The number of carboxylic acid groups (broad SMARTS) is 3. The molecule has 0 saturated carbocycles. The van der Waals surface area contributed by atoms with Crippen molar-refractivity contribution in [1.29, 1.82) is 0 Å². The van der Waals surface area contributed by atoms with Crippen LogP contribution in [0.4, 0.5) is 0 Å². The molecule has 46 heavy (non-hydrogen) atoms. The summed E-state index contributed by atoms with van der Waals surface area (Å²) in [6, 6.07) is 0. The lowest BCUT2D eigenvalue weighted by Gasteiger charge is -2.39. The second-order valence-corrected chi connectivity index (χ2v) is 13.8. The molecule has 0 bridgehead atoms. The van der Waals surface area contributed by atoms with Crippen LogP contribution >= 0.6 is 0 Å². The second kappa shape index (κ2) is 33.0. The maximum absolute atomic E-state index is 11.0. The van der Waals surface area contributed by atoms with Crippen LogP contribution in [0, 0.1) is 0 Å². The first-order valence-corrected chi connectivity index (χ1v) is 19.4. The van der Waals surface area contributed by atoms with Gasteiger partial charge in [-0.1, -0.05) is 109 Å². The Labute approximate surface area is 283 Å². The first-order chi connectivity index (χ1) is 22.3. The van der Waals surface area contributed by atoms with Gasteiger partial charge in [0, 0.05) is 18.8 Å². The van der Waals surface area contributed by atoms with E-state index >= 15 is 0 Å². The zero-order valence-electron chi connectivity index (χ0n) is 30.0. The van der Waals surface area contributed by atoms with Gasteiger partial charge in [0.2, 0.25) is 0 Å². The van der Waals surface area contributed by atoms with E-state index in [0.29, 0.717) is 19.3 Å². The highest BCUT2D eigenvalue weighted by atomic mass is 16.4. The van der Waals surface area contributed by atoms with Gasteiger partial charge in [-0.2, -0.15) is 0 Å². The van der Waals surface area contributed by atoms with Crippen molar-refractivity contribution in [2.75, 3.05) is 26.2 Å². The van der Waals surface area contributed by atoms with Crippen LogP contribution in [0.2, 0.25) is 0 Å². The number of carboxylic acids is 3. The molecule has 0 aromatic rings. The second-order valence-electron chi connectivity index (χ2n) is 13.8. The lowest BCUT2D eigenvalue weighted by Crippen LogP contribution is -2.51. The van der Waals surface area contributed by atoms with Crippen LogP contribution in [0.1, 0.15) is 193 Å². The maximum Gasteiger partial charge on any atom is 0.303 e. The van der Waals surface area contributed by atoms with Crippen LogP contribution in [0.15, 0.2) is 12.2 Å². The largest absolute Gasteiger partial charge is 0.550 e. The van der Waals surface area contributed by atoms with Gasteiger partial charge in [-0.15, -0.1) is 0 Å². The SMILES string of the molecule is CCCCCCCCCCCCC/C=C/CCCCCCCCC[N+](CCCCC(=O)[O-])(CCCCC(=O)O)CCCCC(=O)O. The molecule has 0 fully saturated rings. The number of carbonyl (C=O) groups is 3. The summed E-state index contributed by atoms with van der Waals surface area (Å²) in [6.45, 7) is 5.88. The number of nitrogens with zero attached hydrogens (tertiary/aromatic N) is 1. The van der Waals surface area contributed by atoms with Gasteiger partial charge in [0.15, 0.2) is 0 Å². The molecule has 0 radical (unpaired) electrons. The Morgan fingerprint density at radius 1 is 0.457 bits per heavy atom. The van der Waals surface area contributed by atoms with E-state index in [1.54, 1.807) is 0 Å². The molecule has 0 amide bonds. The molecule has 0 aromatic carbocycles. The standard InChI is InChI=1S/C39H73NO6/c1-2-3-4-5-6-7-8-9-10-11-12-13-14-15-16-17-18-19-20-21-22-26-33-40(34-27-23-30-37(41)42,35-28-24-31-38(43)44)36-29-25-32-39(45)46/h14-15H,2-13,16-36H2,1H3,(H2-,41,42,43,44,45,46)/b15-14+. The molecule has 0 aliphatic rings. The maximum atomic E-state index is 11.0. The third-order valence-corrected chi connectivity index (χ3v) is 9.45. The number of hydrogen-bond acceptors (Lipinski definition) is 4. The summed E-state index contributed by atoms with van der Waals surface area (Å²) in [5, 5.41) is 29.0. The van der Waals surface area contributed by atoms with E-state index < -0.39 is 17.9 Å². The highest BCUT2D eigenvalue weighted by molar-refractivity contribution is 5.66. The number of rotatable bonds is 37. The number of aliphatic carboxylic acids is 3. The van der Waals surface area contributed by atoms with Gasteiger partial charge < -0.3 is 24.6 Å². The number of unbranched alkanes of at least 4 members (excludes halogenated alkanes) is 21. The van der Waals surface area contributed by atoms with Crippen molar-refractivity contribution in [1.82, 2.24) is 0 Å². The fourth-order valence-electron chi connectivity index (χ4n) is 6.59. The summed E-state index contributed by atoms with van der Waals surface area (Å²) in [4.78, 5) is 33.0. The van der Waals surface area contributed by atoms with E-state index in [0.717, 1.165) is 56.3 Å². The monoisotopic (exact) mass is 652 g/mol. The summed E-state index contributed by atoms with van der Waals surface area (Å²) in [5.74, 6) is -2.56. The van der Waals surface area contributed by atoms with Crippen LogP contribution in [0.3, 0.4) is 0 Å². The molecule has 0 aliphatic carbocycles. The van der Waals surface area contributed by atoms with Gasteiger partial charge in [0.25, 0.3) is 0 Å². The smallest absolute Gasteiger partial charge is 0.303 e. The Morgan fingerprint density at radius 3 is 1.11 bits per heavy atom. The third-order valence-electron chi connectivity index (χ3n) is 9.45. The Hall–Kier alpha value is -1.89. The fraction of sp³-hybridized carbons (Fsp3) is 0.872. The van der Waals surface area contributed by atoms with Crippen molar-refractivity contribution in [2.24, 2.45) is 0 Å². The minimum atomic E-state index is -1.02.